The lowest BCUT2D eigenvalue weighted by Crippen LogP contribution is -2.45. The van der Waals surface area contributed by atoms with Crippen LogP contribution in [-0.4, -0.2) is 23.1 Å². The predicted octanol–water partition coefficient (Wildman–Crippen LogP) is 2.94. The second kappa shape index (κ2) is 5.72. The molecule has 1 atom stereocenters. The van der Waals surface area contributed by atoms with E-state index in [1.54, 1.807) is 54.9 Å². The fourth-order valence-electron chi connectivity index (χ4n) is 3.33. The zero-order valence-electron chi connectivity index (χ0n) is 13.6. The van der Waals surface area contributed by atoms with Gasteiger partial charge >= 0.3 is 0 Å². The molecule has 124 valence electrons. The molecule has 1 aliphatic rings. The first kappa shape index (κ1) is 15.4. The van der Waals surface area contributed by atoms with Gasteiger partial charge in [-0.2, -0.15) is 0 Å². The molecule has 0 saturated heterocycles. The van der Waals surface area contributed by atoms with Crippen molar-refractivity contribution in [2.45, 2.75) is 5.72 Å². The fourth-order valence-corrected chi connectivity index (χ4v) is 3.33. The molecule has 5 nitrogen and oxygen atoms in total. The minimum absolute atomic E-state index is 0.315. The summed E-state index contributed by atoms with van der Waals surface area (Å²) in [4.78, 5) is 18.7. The average Bonchev–Trinajstić information content (AvgIpc) is 2.91. The van der Waals surface area contributed by atoms with Crippen LogP contribution in [0.15, 0.2) is 73.1 Å². The van der Waals surface area contributed by atoms with Crippen molar-refractivity contribution < 1.29 is 14.6 Å². The Kier molecular flexibility index (Phi) is 3.51. The lowest BCUT2D eigenvalue weighted by molar-refractivity contribution is 0.0701. The molecule has 0 aliphatic carbocycles. The van der Waals surface area contributed by atoms with Gasteiger partial charge in [0.25, 0.3) is 5.91 Å². The van der Waals surface area contributed by atoms with Crippen molar-refractivity contribution in [2.75, 3.05) is 12.0 Å². The van der Waals surface area contributed by atoms with E-state index in [0.29, 0.717) is 28.1 Å². The number of ether oxygens (including phenoxy) is 1. The van der Waals surface area contributed by atoms with E-state index in [1.165, 1.54) is 12.0 Å². The Morgan fingerprint density at radius 1 is 1.04 bits per heavy atom. The molecule has 2 aromatic carbocycles. The highest BCUT2D eigenvalue weighted by atomic mass is 16.5. The van der Waals surface area contributed by atoms with Crippen LogP contribution in [0, 0.1) is 0 Å². The maximum Gasteiger partial charge on any atom is 0.265 e. The van der Waals surface area contributed by atoms with Gasteiger partial charge in [0.1, 0.15) is 5.75 Å². The molecule has 0 radical (unpaired) electrons. The van der Waals surface area contributed by atoms with Crippen molar-refractivity contribution in [3.8, 4) is 5.75 Å². The molecule has 2 heterocycles. The highest BCUT2D eigenvalue weighted by Crippen LogP contribution is 2.47. The van der Waals surface area contributed by atoms with Crippen LogP contribution in [0.5, 0.6) is 5.75 Å². The van der Waals surface area contributed by atoms with Gasteiger partial charge in [-0.3, -0.25) is 14.7 Å². The van der Waals surface area contributed by atoms with Crippen LogP contribution in [0.3, 0.4) is 0 Å². The normalized spacial score (nSPS) is 19.0. The number of anilines is 1. The highest BCUT2D eigenvalue weighted by molar-refractivity contribution is 6.14. The number of hydrogen-bond acceptors (Lipinski definition) is 4. The van der Waals surface area contributed by atoms with Crippen molar-refractivity contribution in [1.29, 1.82) is 0 Å². The number of hydrogen-bond donors (Lipinski definition) is 1. The average molecular weight is 332 g/mol. The number of aromatic nitrogens is 1. The summed E-state index contributed by atoms with van der Waals surface area (Å²) in [5, 5.41) is 11.7. The summed E-state index contributed by atoms with van der Waals surface area (Å²) < 4.78 is 5.37. The molecular weight excluding hydrogens is 316 g/mol. The van der Waals surface area contributed by atoms with Gasteiger partial charge in [-0.25, -0.2) is 0 Å². The molecule has 1 aromatic heterocycles. The van der Waals surface area contributed by atoms with Gasteiger partial charge in [0, 0.05) is 29.2 Å². The molecule has 0 spiro atoms. The van der Waals surface area contributed by atoms with E-state index in [9.17, 15) is 9.90 Å². The summed E-state index contributed by atoms with van der Waals surface area (Å²) in [6.45, 7) is 0. The van der Waals surface area contributed by atoms with Crippen molar-refractivity contribution in [2.24, 2.45) is 0 Å². The number of methoxy groups -OCH3 is 1. The fraction of sp³-hybridized carbons (Fsp3) is 0.100. The van der Waals surface area contributed by atoms with Crippen molar-refractivity contribution in [3.63, 3.8) is 0 Å². The Balaban J connectivity index is 2.03. The van der Waals surface area contributed by atoms with Crippen LogP contribution in [0.2, 0.25) is 0 Å². The van der Waals surface area contributed by atoms with E-state index in [2.05, 4.69) is 4.98 Å². The molecule has 1 aliphatic heterocycles. The molecule has 0 bridgehead atoms. The number of benzene rings is 2. The Hall–Kier alpha value is -3.18. The monoisotopic (exact) mass is 332 g/mol. The van der Waals surface area contributed by atoms with Crippen LogP contribution in [-0.2, 0) is 5.72 Å². The zero-order valence-corrected chi connectivity index (χ0v) is 13.6. The molecular formula is C20H16N2O3. The molecule has 25 heavy (non-hydrogen) atoms. The maximum absolute atomic E-state index is 13.2. The third-order valence-corrected chi connectivity index (χ3v) is 4.44. The molecule has 0 saturated carbocycles. The van der Waals surface area contributed by atoms with Crippen LogP contribution in [0.4, 0.5) is 5.69 Å². The third kappa shape index (κ3) is 2.13. The summed E-state index contributed by atoms with van der Waals surface area (Å²) in [5.74, 6) is 0.119. The van der Waals surface area contributed by atoms with Crippen LogP contribution >= 0.6 is 0 Å². The smallest absolute Gasteiger partial charge is 0.265 e. The van der Waals surface area contributed by atoms with Crippen LogP contribution in [0.1, 0.15) is 21.5 Å². The molecule has 1 amide bonds. The summed E-state index contributed by atoms with van der Waals surface area (Å²) in [7, 11) is 1.51. The van der Waals surface area contributed by atoms with E-state index in [0.717, 1.165) is 0 Å². The Bertz CT molecular complexity index is 928. The SMILES string of the molecule is COc1cccc2c1C(=O)N(c1ccccc1)C2(O)c1cccnc1. The van der Waals surface area contributed by atoms with Crippen molar-refractivity contribution in [3.05, 3.63) is 89.7 Å². The minimum atomic E-state index is -1.66. The van der Waals surface area contributed by atoms with E-state index < -0.39 is 5.72 Å². The molecule has 4 rings (SSSR count). The largest absolute Gasteiger partial charge is 0.496 e. The first-order valence-electron chi connectivity index (χ1n) is 7.88. The highest BCUT2D eigenvalue weighted by Gasteiger charge is 2.52. The van der Waals surface area contributed by atoms with Gasteiger partial charge in [-0.05, 0) is 24.3 Å². The topological polar surface area (TPSA) is 62.7 Å². The number of amides is 1. The standard InChI is InChI=1S/C20H16N2O3/c1-25-17-11-5-10-16-18(17)19(23)22(15-8-3-2-4-9-15)20(16,24)14-7-6-12-21-13-14/h2-13,24H,1H3. The molecule has 0 fully saturated rings. The maximum atomic E-state index is 13.2. The Morgan fingerprint density at radius 2 is 1.84 bits per heavy atom. The van der Waals surface area contributed by atoms with Gasteiger partial charge in [0.15, 0.2) is 0 Å². The lowest BCUT2D eigenvalue weighted by atomic mass is 9.94. The van der Waals surface area contributed by atoms with Gasteiger partial charge in [0.05, 0.1) is 12.7 Å². The first-order chi connectivity index (χ1) is 12.2. The summed E-state index contributed by atoms with van der Waals surface area (Å²) >= 11 is 0. The quantitative estimate of drug-likeness (QED) is 0.801. The second-order valence-corrected chi connectivity index (χ2v) is 5.77. The number of para-hydroxylation sites is 1. The second-order valence-electron chi connectivity index (χ2n) is 5.77. The zero-order chi connectivity index (χ0) is 17.4. The summed E-state index contributed by atoms with van der Waals surface area (Å²) in [6.07, 6.45) is 3.20. The number of pyridine rings is 1. The number of nitrogens with zero attached hydrogens (tertiary/aromatic N) is 2. The van der Waals surface area contributed by atoms with Gasteiger partial charge in [0.2, 0.25) is 5.72 Å². The predicted molar refractivity (Wildman–Crippen MR) is 93.5 cm³/mol. The van der Waals surface area contributed by atoms with Crippen molar-refractivity contribution in [1.82, 2.24) is 4.98 Å². The van der Waals surface area contributed by atoms with Crippen LogP contribution < -0.4 is 9.64 Å². The lowest BCUT2D eigenvalue weighted by Gasteiger charge is -2.34. The van der Waals surface area contributed by atoms with Gasteiger partial charge in [-0.15, -0.1) is 0 Å². The first-order valence-corrected chi connectivity index (χ1v) is 7.88. The molecule has 3 aromatic rings. The summed E-state index contributed by atoms with van der Waals surface area (Å²) in [6, 6.07) is 17.8. The number of carbonyl (C=O) groups excluding carboxylic acids is 1. The van der Waals surface area contributed by atoms with E-state index in [4.69, 9.17) is 4.74 Å². The minimum Gasteiger partial charge on any atom is -0.496 e. The molecule has 1 N–H and O–H groups in total. The van der Waals surface area contributed by atoms with E-state index in [-0.39, 0.29) is 5.91 Å². The van der Waals surface area contributed by atoms with Gasteiger partial charge in [-0.1, -0.05) is 36.4 Å². The summed E-state index contributed by atoms with van der Waals surface area (Å²) in [5.41, 5.74) is 0.293. The van der Waals surface area contributed by atoms with Gasteiger partial charge < -0.3 is 9.84 Å². The Morgan fingerprint density at radius 3 is 2.52 bits per heavy atom. The number of fused-ring (bicyclic) bond motifs is 1. The van der Waals surface area contributed by atoms with Crippen LogP contribution in [0.25, 0.3) is 0 Å². The molecule has 5 heteroatoms. The van der Waals surface area contributed by atoms with E-state index >= 15 is 0 Å². The number of rotatable bonds is 3. The number of aliphatic hydroxyl groups is 1. The molecule has 1 unspecified atom stereocenters. The van der Waals surface area contributed by atoms with Crippen molar-refractivity contribution >= 4 is 11.6 Å². The Labute approximate surface area is 145 Å². The van der Waals surface area contributed by atoms with E-state index in [1.807, 2.05) is 18.2 Å². The third-order valence-electron chi connectivity index (χ3n) is 4.44. The number of carbonyl (C=O) groups is 1.